The van der Waals surface area contributed by atoms with Crippen LogP contribution >= 0.6 is 9.39 Å². The molecule has 1 saturated heterocycles. The second-order valence-corrected chi connectivity index (χ2v) is 3.83. The van der Waals surface area contributed by atoms with E-state index in [9.17, 15) is 0 Å². The number of aliphatic imine (C=N–C) groups is 1. The van der Waals surface area contributed by atoms with Gasteiger partial charge in [0.05, 0.1) is 7.11 Å². The minimum Gasteiger partial charge on any atom is -0.484 e. The van der Waals surface area contributed by atoms with Gasteiger partial charge in [-0.15, -0.1) is 0 Å². The zero-order valence-electron chi connectivity index (χ0n) is 7.79. The largest absolute Gasteiger partial charge is 0.484 e. The molecule has 0 radical (unpaired) electrons. The molecule has 1 fully saturated rings. The lowest BCUT2D eigenvalue weighted by molar-refractivity contribution is 0.286. The summed E-state index contributed by atoms with van der Waals surface area (Å²) >= 11 is 0. The summed E-state index contributed by atoms with van der Waals surface area (Å²) in [7, 11) is 6.23. The lowest BCUT2D eigenvalue weighted by atomic mass is 9.99. The van der Waals surface area contributed by atoms with Crippen LogP contribution < -0.4 is 0 Å². The smallest absolute Gasteiger partial charge is 0.187 e. The molecule has 0 N–H and O–H groups in total. The maximum atomic E-state index is 5.20. The van der Waals surface area contributed by atoms with E-state index in [4.69, 9.17) is 4.74 Å². The number of hydrogen-bond acceptors (Lipinski definition) is 3. The zero-order chi connectivity index (χ0) is 8.97. The van der Waals surface area contributed by atoms with E-state index in [1.165, 1.54) is 19.4 Å². The van der Waals surface area contributed by atoms with Gasteiger partial charge in [0.25, 0.3) is 0 Å². The van der Waals surface area contributed by atoms with Crippen LogP contribution in [0.15, 0.2) is 4.99 Å². The van der Waals surface area contributed by atoms with Crippen LogP contribution in [-0.4, -0.2) is 37.8 Å². The monoisotopic (exact) mass is 188 g/mol. The van der Waals surface area contributed by atoms with E-state index in [1.54, 1.807) is 14.2 Å². The molecule has 1 heterocycles. The van der Waals surface area contributed by atoms with E-state index in [0.717, 1.165) is 12.4 Å². The van der Waals surface area contributed by atoms with Gasteiger partial charge in [-0.2, -0.15) is 0 Å². The van der Waals surface area contributed by atoms with E-state index >= 15 is 0 Å². The number of hydrogen-bond donors (Lipinski definition) is 0. The molecule has 0 aliphatic carbocycles. The molecule has 0 spiro atoms. The van der Waals surface area contributed by atoms with Crippen molar-refractivity contribution in [1.82, 2.24) is 4.67 Å². The summed E-state index contributed by atoms with van der Waals surface area (Å²) < 4.78 is 7.45. The van der Waals surface area contributed by atoms with Gasteiger partial charge in [0.1, 0.15) is 0 Å². The fourth-order valence-corrected chi connectivity index (χ4v) is 2.09. The number of piperidine rings is 1. The van der Waals surface area contributed by atoms with Gasteiger partial charge in [0.2, 0.25) is 0 Å². The average molecular weight is 188 g/mol. The van der Waals surface area contributed by atoms with Crippen molar-refractivity contribution in [2.75, 3.05) is 27.2 Å². The molecule has 1 aliphatic heterocycles. The Morgan fingerprint density at radius 2 is 2.42 bits per heavy atom. The fraction of sp³-hybridized carbons (Fsp3) is 0.875. The van der Waals surface area contributed by atoms with Gasteiger partial charge in [-0.25, -0.2) is 0 Å². The van der Waals surface area contributed by atoms with Crippen molar-refractivity contribution >= 4 is 15.3 Å². The van der Waals surface area contributed by atoms with Gasteiger partial charge in [0, 0.05) is 26.1 Å². The van der Waals surface area contributed by atoms with Gasteiger partial charge < -0.3 is 4.74 Å². The Morgan fingerprint density at radius 1 is 1.67 bits per heavy atom. The molecular weight excluding hydrogens is 171 g/mol. The van der Waals surface area contributed by atoms with Gasteiger partial charge in [-0.3, -0.25) is 9.66 Å². The van der Waals surface area contributed by atoms with Crippen molar-refractivity contribution in [3.8, 4) is 0 Å². The van der Waals surface area contributed by atoms with Crippen molar-refractivity contribution in [3.63, 3.8) is 0 Å². The number of ether oxygens (including phenoxy) is 1. The van der Waals surface area contributed by atoms with Crippen molar-refractivity contribution in [2.45, 2.75) is 12.8 Å². The molecule has 12 heavy (non-hydrogen) atoms. The zero-order valence-corrected chi connectivity index (χ0v) is 8.94. The Balaban J connectivity index is 2.50. The van der Waals surface area contributed by atoms with Crippen LogP contribution in [0.4, 0.5) is 0 Å². The highest BCUT2D eigenvalue weighted by Gasteiger charge is 2.22. The molecule has 2 atom stereocenters. The van der Waals surface area contributed by atoms with Crippen molar-refractivity contribution < 1.29 is 4.74 Å². The molecule has 1 rings (SSSR count). The SMILES string of the molecule is CN=C(OC)C1CCCN(P)C1. The first-order valence-corrected chi connectivity index (χ1v) is 4.80. The predicted octanol–water partition coefficient (Wildman–Crippen LogP) is 1.16. The van der Waals surface area contributed by atoms with Crippen LogP contribution in [0.25, 0.3) is 0 Å². The molecule has 4 heteroatoms. The molecule has 0 aromatic heterocycles. The topological polar surface area (TPSA) is 24.8 Å². The summed E-state index contributed by atoms with van der Waals surface area (Å²) in [6.45, 7) is 2.22. The Bertz CT molecular complexity index is 172. The first-order chi connectivity index (χ1) is 5.77. The van der Waals surface area contributed by atoms with E-state index in [1.807, 2.05) is 0 Å². The van der Waals surface area contributed by atoms with E-state index in [-0.39, 0.29) is 0 Å². The van der Waals surface area contributed by atoms with Crippen molar-refractivity contribution in [2.24, 2.45) is 10.9 Å². The maximum absolute atomic E-state index is 5.20. The quantitative estimate of drug-likeness (QED) is 0.350. The second-order valence-electron chi connectivity index (χ2n) is 3.10. The van der Waals surface area contributed by atoms with E-state index < -0.39 is 0 Å². The standard InChI is InChI=1S/C8H17N2OP/c1-9-8(11-2)7-4-3-5-10(12)6-7/h7H,3-6,12H2,1-2H3. The van der Waals surface area contributed by atoms with Gasteiger partial charge in [-0.1, -0.05) is 9.39 Å². The highest BCUT2D eigenvalue weighted by atomic mass is 31.0. The van der Waals surface area contributed by atoms with Gasteiger partial charge in [0.15, 0.2) is 5.90 Å². The molecule has 0 saturated carbocycles. The highest BCUT2D eigenvalue weighted by Crippen LogP contribution is 2.20. The van der Waals surface area contributed by atoms with Crippen LogP contribution in [0.1, 0.15) is 12.8 Å². The minimum atomic E-state index is 0.492. The van der Waals surface area contributed by atoms with Crippen LogP contribution in [0.5, 0.6) is 0 Å². The molecule has 0 aromatic carbocycles. The lowest BCUT2D eigenvalue weighted by Crippen LogP contribution is -2.33. The molecule has 0 amide bonds. The lowest BCUT2D eigenvalue weighted by Gasteiger charge is -2.29. The number of nitrogens with zero attached hydrogens (tertiary/aromatic N) is 2. The fourth-order valence-electron chi connectivity index (χ4n) is 1.65. The van der Waals surface area contributed by atoms with E-state index in [0.29, 0.717) is 5.92 Å². The Hall–Kier alpha value is -0.140. The summed E-state index contributed by atoms with van der Waals surface area (Å²) in [5.74, 6) is 1.38. The van der Waals surface area contributed by atoms with Crippen LogP contribution in [-0.2, 0) is 4.74 Å². The predicted molar refractivity (Wildman–Crippen MR) is 54.4 cm³/mol. The number of methoxy groups -OCH3 is 1. The van der Waals surface area contributed by atoms with Crippen LogP contribution in [0.3, 0.4) is 0 Å². The third-order valence-electron chi connectivity index (χ3n) is 2.23. The Morgan fingerprint density at radius 3 is 2.92 bits per heavy atom. The molecule has 0 bridgehead atoms. The van der Waals surface area contributed by atoms with Crippen molar-refractivity contribution in [3.05, 3.63) is 0 Å². The Kier molecular flexibility index (Phi) is 3.96. The summed E-state index contributed by atoms with van der Waals surface area (Å²) in [6.07, 6.45) is 2.43. The average Bonchev–Trinajstić information content (AvgIpc) is 2.07. The minimum absolute atomic E-state index is 0.492. The second kappa shape index (κ2) is 4.78. The summed E-state index contributed by atoms with van der Waals surface area (Å²) in [5, 5.41) is 0. The van der Waals surface area contributed by atoms with Crippen molar-refractivity contribution in [1.29, 1.82) is 0 Å². The molecule has 2 unspecified atom stereocenters. The summed E-state index contributed by atoms with van der Waals surface area (Å²) in [5.41, 5.74) is 0. The normalized spacial score (nSPS) is 27.2. The third-order valence-corrected chi connectivity index (χ3v) is 2.70. The molecule has 70 valence electrons. The Labute approximate surface area is 76.4 Å². The van der Waals surface area contributed by atoms with Gasteiger partial charge in [-0.05, 0) is 12.8 Å². The first-order valence-electron chi connectivity index (χ1n) is 4.28. The first kappa shape index (κ1) is 9.94. The van der Waals surface area contributed by atoms with Crippen LogP contribution in [0, 0.1) is 5.92 Å². The summed E-state index contributed by atoms with van der Waals surface area (Å²) in [6, 6.07) is 0. The maximum Gasteiger partial charge on any atom is 0.187 e. The van der Waals surface area contributed by atoms with Gasteiger partial charge >= 0.3 is 0 Å². The summed E-state index contributed by atoms with van der Waals surface area (Å²) in [4.78, 5) is 4.12. The number of rotatable bonds is 1. The third kappa shape index (κ3) is 2.43. The molecule has 1 aliphatic rings. The molecule has 0 aromatic rings. The molecule has 3 nitrogen and oxygen atoms in total. The highest BCUT2D eigenvalue weighted by molar-refractivity contribution is 7.13. The van der Waals surface area contributed by atoms with E-state index in [2.05, 4.69) is 19.1 Å². The van der Waals surface area contributed by atoms with Crippen LogP contribution in [0.2, 0.25) is 0 Å². The molecular formula is C8H17N2OP.